The highest BCUT2D eigenvalue weighted by Gasteiger charge is 2.20. The van der Waals surface area contributed by atoms with Gasteiger partial charge in [0.25, 0.3) is 0 Å². The van der Waals surface area contributed by atoms with Crippen molar-refractivity contribution >= 4 is 11.7 Å². The molecule has 2 heterocycles. The van der Waals surface area contributed by atoms with Crippen LogP contribution < -0.4 is 9.47 Å². The number of aryl methyl sites for hydroxylation is 1. The minimum Gasteiger partial charge on any atom is -0.491 e. The van der Waals surface area contributed by atoms with Crippen molar-refractivity contribution in [3.8, 4) is 11.6 Å². The Balaban J connectivity index is 1.68. The standard InChI is InChI=1S/C24H31FN4O4/c1-7-17-15-26-29-11-10-21(27-22(17)29)32-16(2)19-14-18(25)8-9-20(19)31-13-12-28(6)23(30)33-24(3,4)5/h8-11,14-16H,7,12-13H2,1-6H3. The van der Waals surface area contributed by atoms with E-state index in [-0.39, 0.29) is 6.61 Å². The van der Waals surface area contributed by atoms with Crippen LogP contribution in [0.2, 0.25) is 0 Å². The van der Waals surface area contributed by atoms with Crippen molar-refractivity contribution in [3.63, 3.8) is 0 Å². The predicted molar refractivity (Wildman–Crippen MR) is 122 cm³/mol. The molecule has 1 atom stereocenters. The summed E-state index contributed by atoms with van der Waals surface area (Å²) >= 11 is 0. The van der Waals surface area contributed by atoms with Crippen molar-refractivity contribution in [3.05, 3.63) is 53.6 Å². The van der Waals surface area contributed by atoms with Gasteiger partial charge < -0.3 is 19.1 Å². The minimum absolute atomic E-state index is 0.209. The van der Waals surface area contributed by atoms with Crippen LogP contribution >= 0.6 is 0 Å². The zero-order valence-electron chi connectivity index (χ0n) is 20.0. The third kappa shape index (κ3) is 6.34. The van der Waals surface area contributed by atoms with E-state index in [4.69, 9.17) is 14.2 Å². The van der Waals surface area contributed by atoms with Crippen LogP contribution in [0.15, 0.2) is 36.7 Å². The molecule has 0 aliphatic carbocycles. The molecule has 0 spiro atoms. The monoisotopic (exact) mass is 458 g/mol. The molecule has 0 radical (unpaired) electrons. The molecule has 8 nitrogen and oxygen atoms in total. The molecule has 0 aliphatic heterocycles. The molecule has 3 aromatic rings. The van der Waals surface area contributed by atoms with E-state index in [9.17, 15) is 9.18 Å². The summed E-state index contributed by atoms with van der Waals surface area (Å²) in [7, 11) is 1.64. The number of carbonyl (C=O) groups is 1. The lowest BCUT2D eigenvalue weighted by molar-refractivity contribution is 0.0277. The smallest absolute Gasteiger partial charge is 0.410 e. The quantitative estimate of drug-likeness (QED) is 0.482. The Morgan fingerprint density at radius 1 is 1.27 bits per heavy atom. The fourth-order valence-corrected chi connectivity index (χ4v) is 3.15. The molecular formula is C24H31FN4O4. The molecule has 1 aromatic carbocycles. The van der Waals surface area contributed by atoms with Crippen LogP contribution in [0.5, 0.6) is 11.6 Å². The Kier molecular flexibility index (Phi) is 7.40. The number of nitrogens with zero attached hydrogens (tertiary/aromatic N) is 4. The highest BCUT2D eigenvalue weighted by atomic mass is 19.1. The Morgan fingerprint density at radius 2 is 2.03 bits per heavy atom. The van der Waals surface area contributed by atoms with Gasteiger partial charge in [0, 0.05) is 30.4 Å². The van der Waals surface area contributed by atoms with Gasteiger partial charge in [0.1, 0.15) is 29.9 Å². The fraction of sp³-hybridized carbons (Fsp3) is 0.458. The summed E-state index contributed by atoms with van der Waals surface area (Å²) in [6.45, 7) is 9.78. The highest BCUT2D eigenvalue weighted by molar-refractivity contribution is 5.67. The Morgan fingerprint density at radius 3 is 2.73 bits per heavy atom. The Hall–Kier alpha value is -3.36. The molecule has 0 aliphatic rings. The third-order valence-electron chi connectivity index (χ3n) is 4.89. The van der Waals surface area contributed by atoms with Crippen LogP contribution in [0.3, 0.4) is 0 Å². The number of rotatable bonds is 8. The maximum Gasteiger partial charge on any atom is 0.410 e. The molecule has 33 heavy (non-hydrogen) atoms. The number of likely N-dealkylation sites (N-methyl/N-ethyl adjacent to an activating group) is 1. The summed E-state index contributed by atoms with van der Waals surface area (Å²) in [6.07, 6.45) is 3.40. The van der Waals surface area contributed by atoms with Crippen LogP contribution in [0.4, 0.5) is 9.18 Å². The number of halogens is 1. The van der Waals surface area contributed by atoms with Crippen molar-refractivity contribution in [2.24, 2.45) is 0 Å². The van der Waals surface area contributed by atoms with E-state index in [1.807, 2.05) is 27.7 Å². The van der Waals surface area contributed by atoms with E-state index >= 15 is 0 Å². The third-order valence-corrected chi connectivity index (χ3v) is 4.89. The van der Waals surface area contributed by atoms with Gasteiger partial charge in [-0.25, -0.2) is 13.7 Å². The first-order valence-corrected chi connectivity index (χ1v) is 10.9. The molecule has 1 unspecified atom stereocenters. The second-order valence-electron chi connectivity index (χ2n) is 8.75. The molecule has 2 aromatic heterocycles. The first kappa shape index (κ1) is 24.3. The van der Waals surface area contributed by atoms with Gasteiger partial charge in [0.05, 0.1) is 12.7 Å². The summed E-state index contributed by atoms with van der Waals surface area (Å²) < 4.78 is 32.9. The molecule has 178 valence electrons. The van der Waals surface area contributed by atoms with E-state index < -0.39 is 23.6 Å². The van der Waals surface area contributed by atoms with Gasteiger partial charge in [0.15, 0.2) is 5.65 Å². The molecule has 0 N–H and O–H groups in total. The van der Waals surface area contributed by atoms with Crippen molar-refractivity contribution in [1.82, 2.24) is 19.5 Å². The van der Waals surface area contributed by atoms with Gasteiger partial charge in [-0.15, -0.1) is 0 Å². The van der Waals surface area contributed by atoms with Crippen molar-refractivity contribution < 1.29 is 23.4 Å². The lowest BCUT2D eigenvalue weighted by Gasteiger charge is -2.25. The first-order chi connectivity index (χ1) is 15.6. The van der Waals surface area contributed by atoms with Gasteiger partial charge in [-0.05, 0) is 52.3 Å². The average molecular weight is 459 g/mol. The average Bonchev–Trinajstić information content (AvgIpc) is 3.15. The topological polar surface area (TPSA) is 78.2 Å². The molecule has 0 fully saturated rings. The number of hydrogen-bond acceptors (Lipinski definition) is 6. The predicted octanol–water partition coefficient (Wildman–Crippen LogP) is 4.82. The Bertz CT molecular complexity index is 1110. The first-order valence-electron chi connectivity index (χ1n) is 10.9. The maximum atomic E-state index is 14.0. The SMILES string of the molecule is CCc1cnn2ccc(OC(C)c3cc(F)ccc3OCCN(C)C(=O)OC(C)(C)C)nc12. The number of ether oxygens (including phenoxy) is 3. The summed E-state index contributed by atoms with van der Waals surface area (Å²) in [5.41, 5.74) is 1.70. The van der Waals surface area contributed by atoms with E-state index in [0.29, 0.717) is 23.7 Å². The van der Waals surface area contributed by atoms with E-state index in [1.54, 1.807) is 43.0 Å². The molecular weight excluding hydrogens is 427 g/mol. The van der Waals surface area contributed by atoms with Crippen molar-refractivity contribution in [2.45, 2.75) is 52.7 Å². The number of aromatic nitrogens is 3. The second kappa shape index (κ2) is 10.1. The number of benzene rings is 1. The fourth-order valence-electron chi connectivity index (χ4n) is 3.15. The van der Waals surface area contributed by atoms with E-state index in [0.717, 1.165) is 17.6 Å². The molecule has 0 saturated carbocycles. The second-order valence-corrected chi connectivity index (χ2v) is 8.75. The van der Waals surface area contributed by atoms with E-state index in [2.05, 4.69) is 10.1 Å². The van der Waals surface area contributed by atoms with Crippen molar-refractivity contribution in [2.75, 3.05) is 20.2 Å². The molecule has 9 heteroatoms. The van der Waals surface area contributed by atoms with Gasteiger partial charge >= 0.3 is 6.09 Å². The molecule has 0 bridgehead atoms. The number of amides is 1. The maximum absolute atomic E-state index is 14.0. The molecule has 3 rings (SSSR count). The lowest BCUT2D eigenvalue weighted by Crippen LogP contribution is -2.36. The number of hydrogen-bond donors (Lipinski definition) is 0. The Labute approximate surface area is 193 Å². The van der Waals surface area contributed by atoms with Crippen LogP contribution in [-0.4, -0.2) is 51.4 Å². The zero-order chi connectivity index (χ0) is 24.2. The normalized spacial score (nSPS) is 12.5. The zero-order valence-corrected chi connectivity index (χ0v) is 20.0. The van der Waals surface area contributed by atoms with Gasteiger partial charge in [-0.1, -0.05) is 6.92 Å². The highest BCUT2D eigenvalue weighted by Crippen LogP contribution is 2.30. The number of fused-ring (bicyclic) bond motifs is 1. The van der Waals surface area contributed by atoms with Crippen molar-refractivity contribution in [1.29, 1.82) is 0 Å². The summed E-state index contributed by atoms with van der Waals surface area (Å²) in [6, 6.07) is 5.98. The summed E-state index contributed by atoms with van der Waals surface area (Å²) in [4.78, 5) is 18.1. The summed E-state index contributed by atoms with van der Waals surface area (Å²) in [5.74, 6) is 0.484. The van der Waals surface area contributed by atoms with Gasteiger partial charge in [-0.3, -0.25) is 0 Å². The van der Waals surface area contributed by atoms with Crippen LogP contribution in [0, 0.1) is 5.82 Å². The van der Waals surface area contributed by atoms with Crippen LogP contribution in [-0.2, 0) is 11.2 Å². The minimum atomic E-state index is -0.574. The van der Waals surface area contributed by atoms with E-state index in [1.165, 1.54) is 17.0 Å². The molecule has 0 saturated heterocycles. The van der Waals surface area contributed by atoms with Gasteiger partial charge in [-0.2, -0.15) is 10.1 Å². The molecule has 1 amide bonds. The largest absolute Gasteiger partial charge is 0.491 e. The van der Waals surface area contributed by atoms with Gasteiger partial charge in [0.2, 0.25) is 5.88 Å². The van der Waals surface area contributed by atoms with Crippen LogP contribution in [0.1, 0.15) is 51.8 Å². The number of carbonyl (C=O) groups excluding carboxylic acids is 1. The lowest BCUT2D eigenvalue weighted by atomic mass is 10.1. The van der Waals surface area contributed by atoms with Crippen LogP contribution in [0.25, 0.3) is 5.65 Å². The summed E-state index contributed by atoms with van der Waals surface area (Å²) in [5, 5.41) is 4.27.